The highest BCUT2D eigenvalue weighted by molar-refractivity contribution is 5.85. The van der Waals surface area contributed by atoms with E-state index in [1.165, 1.54) is 11.1 Å². The number of ketones is 1. The number of piperidine rings is 1. The summed E-state index contributed by atoms with van der Waals surface area (Å²) in [6.45, 7) is 1.65. The van der Waals surface area contributed by atoms with Crippen LogP contribution in [0.3, 0.4) is 0 Å². The van der Waals surface area contributed by atoms with Gasteiger partial charge in [0.25, 0.3) is 0 Å². The van der Waals surface area contributed by atoms with Crippen LogP contribution in [0.25, 0.3) is 11.3 Å². The molecule has 0 N–H and O–H groups in total. The third kappa shape index (κ3) is 3.81. The molecule has 5 rings (SSSR count). The third-order valence-electron chi connectivity index (χ3n) is 6.86. The first kappa shape index (κ1) is 20.5. The number of carbonyl (C=O) groups excluding carboxylic acids is 2. The Morgan fingerprint density at radius 1 is 1.03 bits per heavy atom. The van der Waals surface area contributed by atoms with Gasteiger partial charge in [-0.3, -0.25) is 9.59 Å². The summed E-state index contributed by atoms with van der Waals surface area (Å²) in [6.07, 6.45) is 5.67. The number of fused-ring (bicyclic) bond motifs is 3. The minimum Gasteiger partial charge on any atom is -0.365 e. The van der Waals surface area contributed by atoms with E-state index in [0.29, 0.717) is 31.8 Å². The van der Waals surface area contributed by atoms with Crippen LogP contribution in [-0.4, -0.2) is 52.8 Å². The number of para-hydroxylation sites is 1. The monoisotopic (exact) mass is 428 g/mol. The van der Waals surface area contributed by atoms with Crippen LogP contribution in [0.2, 0.25) is 0 Å². The van der Waals surface area contributed by atoms with Gasteiger partial charge in [-0.1, -0.05) is 42.5 Å². The maximum atomic E-state index is 13.2. The lowest BCUT2D eigenvalue weighted by Crippen LogP contribution is -2.44. The zero-order valence-electron chi connectivity index (χ0n) is 18.4. The van der Waals surface area contributed by atoms with Crippen molar-refractivity contribution in [2.24, 2.45) is 5.92 Å². The van der Waals surface area contributed by atoms with Gasteiger partial charge in [0.2, 0.25) is 5.91 Å². The van der Waals surface area contributed by atoms with Gasteiger partial charge in [-0.05, 0) is 30.5 Å². The predicted octanol–water partition coefficient (Wildman–Crippen LogP) is 3.79. The summed E-state index contributed by atoms with van der Waals surface area (Å²) in [5, 5.41) is 0. The van der Waals surface area contributed by atoms with Crippen molar-refractivity contribution in [1.29, 1.82) is 0 Å². The number of likely N-dealkylation sites (N-methyl/N-ethyl adjacent to an activating group) is 1. The number of amides is 1. The van der Waals surface area contributed by atoms with Crippen molar-refractivity contribution in [1.82, 2.24) is 14.5 Å². The van der Waals surface area contributed by atoms with E-state index in [4.69, 9.17) is 0 Å². The topological polar surface area (TPSA) is 58.4 Å². The van der Waals surface area contributed by atoms with E-state index in [1.54, 1.807) is 0 Å². The molecule has 1 fully saturated rings. The number of hydrogen-bond donors (Lipinski definition) is 0. The van der Waals surface area contributed by atoms with Crippen molar-refractivity contribution < 1.29 is 9.59 Å². The van der Waals surface area contributed by atoms with Gasteiger partial charge in [-0.15, -0.1) is 0 Å². The largest absolute Gasteiger partial charge is 0.365 e. The van der Waals surface area contributed by atoms with E-state index in [2.05, 4.69) is 21.7 Å². The minimum absolute atomic E-state index is 0.0191. The lowest BCUT2D eigenvalue weighted by molar-refractivity contribution is -0.134. The molecule has 3 aromatic rings. The first-order valence-corrected chi connectivity index (χ1v) is 11.3. The van der Waals surface area contributed by atoms with E-state index in [1.807, 2.05) is 71.8 Å². The maximum Gasteiger partial charge on any atom is 0.242 e. The smallest absolute Gasteiger partial charge is 0.242 e. The number of aromatic nitrogens is 2. The molecule has 1 atom stereocenters. The zero-order valence-corrected chi connectivity index (χ0v) is 18.4. The van der Waals surface area contributed by atoms with Crippen molar-refractivity contribution in [3.05, 3.63) is 72.7 Å². The average Bonchev–Trinajstić information content (AvgIpc) is 3.42. The molecule has 2 aliphatic rings. The van der Waals surface area contributed by atoms with Crippen LogP contribution >= 0.6 is 0 Å². The number of nitrogens with zero attached hydrogens (tertiary/aromatic N) is 4. The third-order valence-corrected chi connectivity index (χ3v) is 6.86. The summed E-state index contributed by atoms with van der Waals surface area (Å²) in [7, 11) is 1.94. The molecular formula is C26H28N4O2. The van der Waals surface area contributed by atoms with Crippen LogP contribution in [0.1, 0.15) is 30.9 Å². The first-order valence-electron chi connectivity index (χ1n) is 11.3. The van der Waals surface area contributed by atoms with Gasteiger partial charge in [-0.25, -0.2) is 4.98 Å². The summed E-state index contributed by atoms with van der Waals surface area (Å²) in [4.78, 5) is 34.1. The normalized spacial score (nSPS) is 17.7. The summed E-state index contributed by atoms with van der Waals surface area (Å²) >= 11 is 0. The van der Waals surface area contributed by atoms with Crippen molar-refractivity contribution in [3.63, 3.8) is 0 Å². The van der Waals surface area contributed by atoms with Crippen molar-refractivity contribution in [2.75, 3.05) is 31.6 Å². The molecule has 6 heteroatoms. The lowest BCUT2D eigenvalue weighted by atomic mass is 9.87. The lowest BCUT2D eigenvalue weighted by Gasteiger charge is -2.33. The Labute approximate surface area is 188 Å². The van der Waals surface area contributed by atoms with Crippen molar-refractivity contribution in [3.8, 4) is 11.3 Å². The Balaban J connectivity index is 1.17. The number of imidazole rings is 1. The van der Waals surface area contributed by atoms with E-state index in [0.717, 1.165) is 24.2 Å². The summed E-state index contributed by atoms with van der Waals surface area (Å²) in [6, 6.07) is 18.2. The first-order chi connectivity index (χ1) is 15.6. The molecule has 1 saturated heterocycles. The predicted molar refractivity (Wildman–Crippen MR) is 124 cm³/mol. The number of benzene rings is 2. The molecule has 0 spiro atoms. The Morgan fingerprint density at radius 2 is 1.75 bits per heavy atom. The van der Waals surface area contributed by atoms with E-state index in [-0.39, 0.29) is 17.9 Å². The van der Waals surface area contributed by atoms with Gasteiger partial charge < -0.3 is 14.4 Å². The van der Waals surface area contributed by atoms with Crippen LogP contribution in [-0.2, 0) is 9.59 Å². The van der Waals surface area contributed by atoms with Crippen molar-refractivity contribution >= 4 is 17.4 Å². The standard InChI is InChI=1S/C26H28N4O2/c1-28(20-7-3-2-4-8-20)17-26(32)29-13-11-19(12-14-29)25(31)15-23-21-9-5-6-10-22(21)24-16-27-18-30(23)24/h2-10,16,18-19,23H,11-15,17H2,1H3. The fraction of sp³-hybridized carbons (Fsp3) is 0.346. The number of hydrogen-bond acceptors (Lipinski definition) is 4. The SMILES string of the molecule is CN(CC(=O)N1CCC(C(=O)CC2c3ccccc3-c3cncn32)CC1)c1ccccc1. The molecule has 1 unspecified atom stereocenters. The van der Waals surface area contributed by atoms with Gasteiger partial charge >= 0.3 is 0 Å². The van der Waals surface area contributed by atoms with Crippen LogP contribution in [0.4, 0.5) is 5.69 Å². The molecule has 1 aromatic heterocycles. The number of carbonyl (C=O) groups is 2. The van der Waals surface area contributed by atoms with Gasteiger partial charge in [-0.2, -0.15) is 0 Å². The zero-order chi connectivity index (χ0) is 22.1. The van der Waals surface area contributed by atoms with Crippen molar-refractivity contribution in [2.45, 2.75) is 25.3 Å². The second-order valence-electron chi connectivity index (χ2n) is 8.81. The van der Waals surface area contributed by atoms with Crippen LogP contribution in [0.5, 0.6) is 0 Å². The fourth-order valence-corrected chi connectivity index (χ4v) is 5.03. The number of rotatable bonds is 6. The van der Waals surface area contributed by atoms with Crippen LogP contribution in [0, 0.1) is 5.92 Å². The van der Waals surface area contributed by atoms with Gasteiger partial charge in [0.05, 0.1) is 30.8 Å². The quantitative estimate of drug-likeness (QED) is 0.599. The molecule has 0 radical (unpaired) electrons. The highest BCUT2D eigenvalue weighted by Gasteiger charge is 2.33. The Hall–Kier alpha value is -3.41. The molecule has 164 valence electrons. The number of likely N-dealkylation sites (tertiary alicyclic amines) is 1. The van der Waals surface area contributed by atoms with E-state index < -0.39 is 0 Å². The molecule has 0 bridgehead atoms. The second kappa shape index (κ2) is 8.61. The molecule has 2 aromatic carbocycles. The summed E-state index contributed by atoms with van der Waals surface area (Å²) < 4.78 is 2.13. The maximum absolute atomic E-state index is 13.2. The van der Waals surface area contributed by atoms with E-state index in [9.17, 15) is 9.59 Å². The van der Waals surface area contributed by atoms with Gasteiger partial charge in [0.15, 0.2) is 0 Å². The molecule has 3 heterocycles. The molecule has 6 nitrogen and oxygen atoms in total. The molecule has 0 saturated carbocycles. The Kier molecular flexibility index (Phi) is 5.52. The van der Waals surface area contributed by atoms with Gasteiger partial charge in [0.1, 0.15) is 5.78 Å². The molecule has 2 aliphatic heterocycles. The fourth-order valence-electron chi connectivity index (χ4n) is 5.03. The summed E-state index contributed by atoms with van der Waals surface area (Å²) in [5.74, 6) is 0.431. The molecule has 1 amide bonds. The molecule has 32 heavy (non-hydrogen) atoms. The Bertz CT molecular complexity index is 1120. The Morgan fingerprint density at radius 3 is 2.53 bits per heavy atom. The van der Waals surface area contributed by atoms with Gasteiger partial charge in [0, 0.05) is 43.7 Å². The molecular weight excluding hydrogens is 400 g/mol. The average molecular weight is 429 g/mol. The number of Topliss-reactive ketones (excluding diaryl/α,β-unsaturated/α-hetero) is 1. The minimum atomic E-state index is 0.0191. The van der Waals surface area contributed by atoms with Crippen LogP contribution < -0.4 is 4.90 Å². The molecule has 0 aliphatic carbocycles. The highest BCUT2D eigenvalue weighted by Crippen LogP contribution is 2.41. The summed E-state index contributed by atoms with van der Waals surface area (Å²) in [5.41, 5.74) is 4.49. The highest BCUT2D eigenvalue weighted by atomic mass is 16.2. The number of anilines is 1. The van der Waals surface area contributed by atoms with E-state index >= 15 is 0 Å². The second-order valence-corrected chi connectivity index (χ2v) is 8.81. The van der Waals surface area contributed by atoms with Crippen LogP contribution in [0.15, 0.2) is 67.1 Å².